The molecule has 0 aliphatic heterocycles. The van der Waals surface area contributed by atoms with E-state index in [0.29, 0.717) is 11.5 Å². The summed E-state index contributed by atoms with van der Waals surface area (Å²) in [5.74, 6) is -0.659. The number of nitrogens with zero attached hydrogens (tertiary/aromatic N) is 1. The van der Waals surface area contributed by atoms with E-state index < -0.39 is 30.1 Å². The van der Waals surface area contributed by atoms with Crippen LogP contribution in [-0.2, 0) is 16.0 Å². The molecule has 0 aromatic heterocycles. The number of fused-ring (bicyclic) bond motifs is 1. The van der Waals surface area contributed by atoms with Gasteiger partial charge in [-0.25, -0.2) is 14.4 Å². The van der Waals surface area contributed by atoms with E-state index in [2.05, 4.69) is 5.32 Å². The quantitative estimate of drug-likeness (QED) is 0.159. The number of rotatable bonds is 13. The molecule has 2 N–H and O–H groups in total. The highest BCUT2D eigenvalue weighted by Gasteiger charge is 2.30. The molecule has 0 saturated heterocycles. The Labute approximate surface area is 262 Å². The lowest BCUT2D eigenvalue weighted by Gasteiger charge is -2.28. The zero-order valence-corrected chi connectivity index (χ0v) is 25.8. The Morgan fingerprint density at radius 2 is 1.24 bits per heavy atom. The lowest BCUT2D eigenvalue weighted by Crippen LogP contribution is -2.53. The van der Waals surface area contributed by atoms with Crippen LogP contribution in [0.25, 0.3) is 10.8 Å². The Hall–Kier alpha value is -5.09. The number of para-hydroxylation sites is 4. The molecule has 4 rings (SSSR count). The summed E-state index contributed by atoms with van der Waals surface area (Å²) in [4.78, 5) is 41.3. The summed E-state index contributed by atoms with van der Waals surface area (Å²) < 4.78 is 21.6. The van der Waals surface area contributed by atoms with Crippen LogP contribution < -0.4 is 24.3 Å². The van der Waals surface area contributed by atoms with E-state index in [1.807, 2.05) is 56.3 Å². The van der Waals surface area contributed by atoms with Gasteiger partial charge in [0.25, 0.3) is 0 Å². The second-order valence-corrected chi connectivity index (χ2v) is 10.8. The monoisotopic (exact) mass is 614 g/mol. The fourth-order valence-electron chi connectivity index (χ4n) is 4.76. The number of aliphatic hydroxyl groups excluding tert-OH is 1. The highest BCUT2D eigenvalue weighted by Crippen LogP contribution is 2.27. The largest absolute Gasteiger partial charge is 0.493 e. The fraction of sp³-hybridized carbons (Fsp3) is 0.286. The maximum atomic E-state index is 13.7. The normalized spacial score (nSPS) is 12.2. The van der Waals surface area contributed by atoms with Crippen LogP contribution in [0.3, 0.4) is 0 Å². The summed E-state index contributed by atoms with van der Waals surface area (Å²) in [6.45, 7) is 3.60. The second-order valence-electron chi connectivity index (χ2n) is 10.8. The number of hydrogen-bond acceptors (Lipinski definition) is 8. The van der Waals surface area contributed by atoms with Crippen LogP contribution in [0, 0.1) is 5.92 Å². The molecule has 0 spiro atoms. The Balaban J connectivity index is 1.55. The minimum Gasteiger partial charge on any atom is -0.493 e. The summed E-state index contributed by atoms with van der Waals surface area (Å²) in [6, 6.07) is 25.1. The average molecular weight is 615 g/mol. The number of ether oxygens (including phenoxy) is 4. The van der Waals surface area contributed by atoms with Crippen LogP contribution in [0.5, 0.6) is 23.0 Å². The van der Waals surface area contributed by atoms with Gasteiger partial charge in [0.1, 0.15) is 6.04 Å². The van der Waals surface area contributed by atoms with Crippen molar-refractivity contribution in [1.82, 2.24) is 10.2 Å². The SMILES string of the molecule is COc1ccccc1OC(=O)C(O)CN(CC(C)C)C(=O)N[C@@H](Cc1ccc2ccccc2c1)C(=O)Oc1ccccc1OC. The standard InChI is InChI=1S/C35H38N2O8/c1-23(2)21-37(22-28(38)34(40)45-32-16-10-8-14-30(32)43-4)35(41)36-27(33(39)44-31-15-9-7-13-29(31)42-3)20-24-17-18-25-11-5-6-12-26(25)19-24/h5-19,23,27-28,38H,20-22H2,1-4H3,(H,36,41)/t27-,28?/m0/s1. The molecule has 0 heterocycles. The van der Waals surface area contributed by atoms with Crippen molar-refractivity contribution in [3.63, 3.8) is 0 Å². The highest BCUT2D eigenvalue weighted by molar-refractivity contribution is 5.87. The first-order valence-corrected chi connectivity index (χ1v) is 14.6. The van der Waals surface area contributed by atoms with Crippen molar-refractivity contribution >= 4 is 28.7 Å². The van der Waals surface area contributed by atoms with E-state index in [4.69, 9.17) is 18.9 Å². The molecule has 0 fully saturated rings. The molecule has 1 unspecified atom stereocenters. The van der Waals surface area contributed by atoms with Crippen LogP contribution in [0.15, 0.2) is 91.0 Å². The third-order valence-electron chi connectivity index (χ3n) is 6.93. The fourth-order valence-corrected chi connectivity index (χ4v) is 4.76. The van der Waals surface area contributed by atoms with Crippen molar-refractivity contribution in [3.05, 3.63) is 96.6 Å². The van der Waals surface area contributed by atoms with Gasteiger partial charge in [0.05, 0.1) is 20.8 Å². The van der Waals surface area contributed by atoms with Crippen molar-refractivity contribution in [2.45, 2.75) is 32.4 Å². The topological polar surface area (TPSA) is 124 Å². The lowest BCUT2D eigenvalue weighted by atomic mass is 10.0. The summed E-state index contributed by atoms with van der Waals surface area (Å²) in [7, 11) is 2.90. The highest BCUT2D eigenvalue weighted by atomic mass is 16.6. The first kappa shape index (κ1) is 32.8. The second kappa shape index (κ2) is 15.6. The van der Waals surface area contributed by atoms with E-state index in [9.17, 15) is 19.5 Å². The van der Waals surface area contributed by atoms with Gasteiger partial charge in [-0.3, -0.25) is 0 Å². The van der Waals surface area contributed by atoms with Crippen LogP contribution >= 0.6 is 0 Å². The van der Waals surface area contributed by atoms with Gasteiger partial charge in [0.2, 0.25) is 0 Å². The number of hydrogen-bond donors (Lipinski definition) is 2. The van der Waals surface area contributed by atoms with Crippen molar-refractivity contribution in [2.24, 2.45) is 5.92 Å². The molecule has 10 heteroatoms. The predicted molar refractivity (Wildman–Crippen MR) is 170 cm³/mol. The van der Waals surface area contributed by atoms with Crippen molar-refractivity contribution in [1.29, 1.82) is 0 Å². The predicted octanol–water partition coefficient (Wildman–Crippen LogP) is 5.01. The van der Waals surface area contributed by atoms with Crippen LogP contribution in [0.4, 0.5) is 4.79 Å². The number of amides is 2. The Kier molecular flexibility index (Phi) is 11.4. The van der Waals surface area contributed by atoms with E-state index in [-0.39, 0.29) is 36.9 Å². The van der Waals surface area contributed by atoms with Gasteiger partial charge in [-0.2, -0.15) is 0 Å². The van der Waals surface area contributed by atoms with Crippen LogP contribution in [-0.4, -0.2) is 67.4 Å². The first-order valence-electron chi connectivity index (χ1n) is 14.6. The van der Waals surface area contributed by atoms with Gasteiger partial charge < -0.3 is 34.3 Å². The van der Waals surface area contributed by atoms with E-state index in [1.54, 1.807) is 42.5 Å². The molecular weight excluding hydrogens is 576 g/mol. The summed E-state index contributed by atoms with van der Waals surface area (Å²) >= 11 is 0. The zero-order valence-electron chi connectivity index (χ0n) is 25.8. The molecule has 2 amide bonds. The molecule has 0 aliphatic rings. The molecule has 4 aromatic carbocycles. The van der Waals surface area contributed by atoms with E-state index >= 15 is 0 Å². The molecule has 2 atom stereocenters. The molecule has 45 heavy (non-hydrogen) atoms. The smallest absolute Gasteiger partial charge is 0.342 e. The first-order chi connectivity index (χ1) is 21.7. The molecule has 0 bridgehead atoms. The minimum atomic E-state index is -1.67. The Bertz CT molecular complexity index is 1620. The maximum absolute atomic E-state index is 13.7. The molecule has 10 nitrogen and oxygen atoms in total. The minimum absolute atomic E-state index is 0.0207. The van der Waals surface area contributed by atoms with Crippen LogP contribution in [0.1, 0.15) is 19.4 Å². The summed E-state index contributed by atoms with van der Waals surface area (Å²) in [5.41, 5.74) is 0.798. The van der Waals surface area contributed by atoms with Gasteiger partial charge >= 0.3 is 18.0 Å². The van der Waals surface area contributed by atoms with Gasteiger partial charge in [0, 0.05) is 13.0 Å². The molecule has 236 valence electrons. The van der Waals surface area contributed by atoms with Crippen LogP contribution in [0.2, 0.25) is 0 Å². The van der Waals surface area contributed by atoms with Crippen molar-refractivity contribution in [2.75, 3.05) is 27.3 Å². The van der Waals surface area contributed by atoms with Gasteiger partial charge in [0.15, 0.2) is 29.1 Å². The van der Waals surface area contributed by atoms with Crippen molar-refractivity contribution in [3.8, 4) is 23.0 Å². The van der Waals surface area contributed by atoms with Gasteiger partial charge in [-0.05, 0) is 46.5 Å². The summed E-state index contributed by atoms with van der Waals surface area (Å²) in [6.07, 6.45) is -1.54. The molecule has 0 radical (unpaired) electrons. The third kappa shape index (κ3) is 8.96. The Morgan fingerprint density at radius 1 is 0.711 bits per heavy atom. The van der Waals surface area contributed by atoms with E-state index in [1.165, 1.54) is 25.2 Å². The van der Waals surface area contributed by atoms with Crippen molar-refractivity contribution < 1.29 is 38.4 Å². The number of methoxy groups -OCH3 is 2. The van der Waals surface area contributed by atoms with Gasteiger partial charge in [-0.15, -0.1) is 0 Å². The number of urea groups is 1. The number of carbonyl (C=O) groups excluding carboxylic acids is 3. The average Bonchev–Trinajstić information content (AvgIpc) is 3.04. The molecule has 0 saturated carbocycles. The number of aliphatic hydroxyl groups is 1. The number of nitrogens with one attached hydrogen (secondary N) is 1. The Morgan fingerprint density at radius 3 is 1.82 bits per heavy atom. The molecule has 0 aliphatic carbocycles. The molecule has 4 aromatic rings. The third-order valence-corrected chi connectivity index (χ3v) is 6.93. The number of benzene rings is 4. The van der Waals surface area contributed by atoms with E-state index in [0.717, 1.165) is 16.3 Å². The number of esters is 2. The number of carbonyl (C=O) groups is 3. The maximum Gasteiger partial charge on any atom is 0.342 e. The molecular formula is C35H38N2O8. The zero-order chi connectivity index (χ0) is 32.3. The summed E-state index contributed by atoms with van der Waals surface area (Å²) in [5, 5.41) is 15.6. The van der Waals surface area contributed by atoms with Gasteiger partial charge in [-0.1, -0.05) is 80.6 Å². The lowest BCUT2D eigenvalue weighted by molar-refractivity contribution is -0.144.